The van der Waals surface area contributed by atoms with Crippen LogP contribution in [0.5, 0.6) is 5.75 Å². The zero-order chi connectivity index (χ0) is 23.5. The zero-order valence-corrected chi connectivity index (χ0v) is 18.0. The quantitative estimate of drug-likeness (QED) is 0.444. The molecule has 1 saturated heterocycles. The number of hydrogen-bond acceptors (Lipinski definition) is 5. The van der Waals surface area contributed by atoms with E-state index in [0.29, 0.717) is 11.1 Å². The van der Waals surface area contributed by atoms with Crippen LogP contribution < -0.4 is 10.6 Å². The largest absolute Gasteiger partial charge is 0.508 e. The highest BCUT2D eigenvalue weighted by Gasteiger charge is 2.44. The molecule has 0 aliphatic carbocycles. The number of phenols is 1. The van der Waals surface area contributed by atoms with Crippen molar-refractivity contribution in [2.24, 2.45) is 5.41 Å². The fourth-order valence-corrected chi connectivity index (χ4v) is 3.63. The second-order valence-electron chi connectivity index (χ2n) is 8.79. The van der Waals surface area contributed by atoms with Gasteiger partial charge in [-0.1, -0.05) is 32.8 Å². The molecule has 4 atom stereocenters. The van der Waals surface area contributed by atoms with E-state index in [4.69, 9.17) is 11.5 Å². The first-order chi connectivity index (χ1) is 14.3. The molecule has 1 aliphatic rings. The topological polar surface area (TPSA) is 139 Å². The number of phenolic OH excluding ortho intramolecular Hbond substituents is 1. The summed E-state index contributed by atoms with van der Waals surface area (Å²) in [5.74, 6) is 1.25. The Bertz CT molecular complexity index is 901. The van der Waals surface area contributed by atoms with Crippen molar-refractivity contribution >= 4 is 17.9 Å². The van der Waals surface area contributed by atoms with Crippen LogP contribution in [0.2, 0.25) is 0 Å². The highest BCUT2D eigenvalue weighted by Crippen LogP contribution is 2.28. The van der Waals surface area contributed by atoms with E-state index in [1.807, 2.05) is 0 Å². The summed E-state index contributed by atoms with van der Waals surface area (Å²) in [6.45, 7) is 6.71. The number of carbonyl (C=O) groups excluding carboxylic acids is 2. The van der Waals surface area contributed by atoms with E-state index >= 15 is 0 Å². The fourth-order valence-electron chi connectivity index (χ4n) is 3.63. The van der Waals surface area contributed by atoms with E-state index in [0.717, 1.165) is 0 Å². The number of aliphatic hydroxyl groups excluding tert-OH is 1. The lowest BCUT2D eigenvalue weighted by molar-refractivity contribution is -0.142. The average Bonchev–Trinajstić information content (AvgIpc) is 3.06. The van der Waals surface area contributed by atoms with Crippen molar-refractivity contribution in [3.63, 3.8) is 0 Å². The predicted molar refractivity (Wildman–Crippen MR) is 113 cm³/mol. The molecular weight excluding hydrogens is 402 g/mol. The number of aromatic hydroxyl groups is 1. The molecule has 0 radical (unpaired) electrons. The summed E-state index contributed by atoms with van der Waals surface area (Å²) < 4.78 is 0. The molecule has 5 N–H and O–H groups in total. The van der Waals surface area contributed by atoms with Crippen LogP contribution in [0.1, 0.15) is 51.3 Å². The number of nitrogens with one attached hydrogen (secondary N) is 2. The summed E-state index contributed by atoms with van der Waals surface area (Å²) in [5.41, 5.74) is 0.195. The number of hydrogen-bond donors (Lipinski definition) is 5. The van der Waals surface area contributed by atoms with Crippen molar-refractivity contribution in [1.29, 1.82) is 0 Å². The van der Waals surface area contributed by atoms with E-state index in [2.05, 4.69) is 16.6 Å². The molecule has 168 valence electrons. The van der Waals surface area contributed by atoms with Gasteiger partial charge in [0.2, 0.25) is 11.8 Å². The maximum atomic E-state index is 13.1. The van der Waals surface area contributed by atoms with Crippen LogP contribution in [0, 0.1) is 17.8 Å². The van der Waals surface area contributed by atoms with Crippen molar-refractivity contribution in [3.05, 3.63) is 29.3 Å². The van der Waals surface area contributed by atoms with Gasteiger partial charge in [-0.25, -0.2) is 4.79 Å². The number of terminal acetylenes is 1. The van der Waals surface area contributed by atoms with Gasteiger partial charge >= 0.3 is 6.09 Å². The fraction of sp³-hybridized carbons (Fsp3) is 0.500. The number of benzene rings is 1. The standard InChI is InChI=1S/C22H29N3O6/c1-6-13-7-8-15(17(27)9-13)12(2)23-19(28)16-10-14(26)11-25(16)20(29)18(22(3,4)5)24-21(30)31/h1,7-9,12,14,16,18,24,26-27H,10-11H2,2-5H3,(H,23,28)(H,30,31)/t12-,14+,16-,18+/m0/s1. The Morgan fingerprint density at radius 3 is 2.42 bits per heavy atom. The number of aliphatic hydroxyl groups is 1. The Morgan fingerprint density at radius 2 is 1.90 bits per heavy atom. The van der Waals surface area contributed by atoms with E-state index in [9.17, 15) is 24.6 Å². The van der Waals surface area contributed by atoms with E-state index in [1.54, 1.807) is 39.8 Å². The molecule has 0 unspecified atom stereocenters. The average molecular weight is 431 g/mol. The third-order valence-corrected chi connectivity index (χ3v) is 5.27. The summed E-state index contributed by atoms with van der Waals surface area (Å²) in [6, 6.07) is 2.00. The van der Waals surface area contributed by atoms with Crippen molar-refractivity contribution in [1.82, 2.24) is 15.5 Å². The third-order valence-electron chi connectivity index (χ3n) is 5.27. The monoisotopic (exact) mass is 431 g/mol. The number of likely N-dealkylation sites (tertiary alicyclic amines) is 1. The number of carbonyl (C=O) groups is 3. The first-order valence-electron chi connectivity index (χ1n) is 9.93. The van der Waals surface area contributed by atoms with Crippen LogP contribution in [0.4, 0.5) is 4.79 Å². The molecule has 3 amide bonds. The molecule has 1 aliphatic heterocycles. The Kier molecular flexibility index (Phi) is 7.18. The van der Waals surface area contributed by atoms with Crippen molar-refractivity contribution in [2.75, 3.05) is 6.54 Å². The van der Waals surface area contributed by atoms with Crippen molar-refractivity contribution in [2.45, 2.75) is 58.3 Å². The molecule has 2 rings (SSSR count). The molecule has 1 fully saturated rings. The SMILES string of the molecule is C#Cc1ccc([C@H](C)NC(=O)[C@@H]2C[C@@H](O)CN2C(=O)[C@@H](NC(=O)O)C(C)(C)C)c(O)c1. The Hall–Kier alpha value is -3.25. The van der Waals surface area contributed by atoms with Gasteiger partial charge < -0.3 is 30.9 Å². The van der Waals surface area contributed by atoms with Crippen LogP contribution in [0.3, 0.4) is 0 Å². The highest BCUT2D eigenvalue weighted by molar-refractivity contribution is 5.92. The minimum Gasteiger partial charge on any atom is -0.508 e. The zero-order valence-electron chi connectivity index (χ0n) is 18.0. The Labute approximate surface area is 181 Å². The van der Waals surface area contributed by atoms with Gasteiger partial charge in [-0.15, -0.1) is 6.42 Å². The molecule has 1 heterocycles. The first-order valence-corrected chi connectivity index (χ1v) is 9.93. The number of nitrogens with zero attached hydrogens (tertiary/aromatic N) is 1. The van der Waals surface area contributed by atoms with Gasteiger partial charge in [-0.05, 0) is 24.5 Å². The van der Waals surface area contributed by atoms with E-state index < -0.39 is 47.6 Å². The first kappa shape index (κ1) is 24.0. The van der Waals surface area contributed by atoms with Gasteiger partial charge in [0, 0.05) is 24.1 Å². The second kappa shape index (κ2) is 9.27. The minimum absolute atomic E-state index is 0.0240. The van der Waals surface area contributed by atoms with Crippen LogP contribution >= 0.6 is 0 Å². The lowest BCUT2D eigenvalue weighted by Gasteiger charge is -2.34. The lowest BCUT2D eigenvalue weighted by atomic mass is 9.85. The summed E-state index contributed by atoms with van der Waals surface area (Å²) >= 11 is 0. The number of β-amino-alcohol motifs (C(OH)–C–C–N with tert-alkyl or cyclic N) is 1. The van der Waals surface area contributed by atoms with Crippen LogP contribution in [-0.2, 0) is 9.59 Å². The van der Waals surface area contributed by atoms with Crippen molar-refractivity contribution in [3.8, 4) is 18.1 Å². The van der Waals surface area contributed by atoms with Gasteiger partial charge in [0.25, 0.3) is 0 Å². The summed E-state index contributed by atoms with van der Waals surface area (Å²) in [6.07, 6.45) is 3.07. The third kappa shape index (κ3) is 5.67. The lowest BCUT2D eigenvalue weighted by Crippen LogP contribution is -2.57. The maximum Gasteiger partial charge on any atom is 0.405 e. The van der Waals surface area contributed by atoms with E-state index in [1.165, 1.54) is 11.0 Å². The molecule has 9 heteroatoms. The maximum absolute atomic E-state index is 13.1. The second-order valence-corrected chi connectivity index (χ2v) is 8.79. The predicted octanol–water partition coefficient (Wildman–Crippen LogP) is 1.19. The molecule has 31 heavy (non-hydrogen) atoms. The van der Waals surface area contributed by atoms with Crippen molar-refractivity contribution < 1.29 is 29.7 Å². The Balaban J connectivity index is 2.21. The molecule has 0 aromatic heterocycles. The van der Waals surface area contributed by atoms with Gasteiger partial charge in [0.05, 0.1) is 12.1 Å². The van der Waals surface area contributed by atoms with Crippen LogP contribution in [0.25, 0.3) is 0 Å². The number of carboxylic acid groups (broad SMARTS) is 1. The minimum atomic E-state index is -1.35. The van der Waals surface area contributed by atoms with E-state index in [-0.39, 0.29) is 18.7 Å². The van der Waals surface area contributed by atoms with Gasteiger partial charge in [0.15, 0.2) is 0 Å². The Morgan fingerprint density at radius 1 is 1.26 bits per heavy atom. The smallest absolute Gasteiger partial charge is 0.405 e. The molecular formula is C22H29N3O6. The van der Waals surface area contributed by atoms with Gasteiger partial charge in [-0.3, -0.25) is 9.59 Å². The van der Waals surface area contributed by atoms with Crippen LogP contribution in [-0.4, -0.2) is 62.9 Å². The van der Waals surface area contributed by atoms with Gasteiger partial charge in [-0.2, -0.15) is 0 Å². The summed E-state index contributed by atoms with van der Waals surface area (Å²) in [4.78, 5) is 38.5. The number of rotatable bonds is 5. The normalized spacial score (nSPS) is 20.5. The highest BCUT2D eigenvalue weighted by atomic mass is 16.4. The van der Waals surface area contributed by atoms with Crippen LogP contribution in [0.15, 0.2) is 18.2 Å². The molecule has 1 aromatic carbocycles. The number of amides is 3. The molecule has 0 spiro atoms. The molecule has 0 bridgehead atoms. The molecule has 9 nitrogen and oxygen atoms in total. The summed E-state index contributed by atoms with van der Waals surface area (Å²) in [5, 5.41) is 34.4. The molecule has 1 aromatic rings. The molecule has 0 saturated carbocycles. The summed E-state index contributed by atoms with van der Waals surface area (Å²) in [7, 11) is 0. The van der Waals surface area contributed by atoms with Gasteiger partial charge in [0.1, 0.15) is 17.8 Å².